The fraction of sp³-hybridized carbons (Fsp3) is 0.357. The number of benzene rings is 1. The summed E-state index contributed by atoms with van der Waals surface area (Å²) in [7, 11) is 2.07. The second kappa shape index (κ2) is 3.56. The third kappa shape index (κ3) is 1.59. The van der Waals surface area contributed by atoms with Crippen molar-refractivity contribution in [3.8, 4) is 0 Å². The smallest absolute Gasteiger partial charge is 0.0704 e. The Bertz CT molecular complexity index is 510. The summed E-state index contributed by atoms with van der Waals surface area (Å²) in [6, 6.07) is 10.5. The van der Waals surface area contributed by atoms with Gasteiger partial charge in [0.25, 0.3) is 0 Å². The minimum Gasteiger partial charge on any atom is -0.314 e. The Balaban J connectivity index is 2.03. The maximum Gasteiger partial charge on any atom is 0.0704 e. The van der Waals surface area contributed by atoms with Crippen molar-refractivity contribution in [2.45, 2.75) is 24.8 Å². The molecule has 1 N–H and O–H groups in total. The molecule has 1 aliphatic carbocycles. The third-order valence-electron chi connectivity index (χ3n) is 3.65. The van der Waals surface area contributed by atoms with Crippen LogP contribution in [-0.4, -0.2) is 17.6 Å². The van der Waals surface area contributed by atoms with E-state index in [1.54, 1.807) is 0 Å². The van der Waals surface area contributed by atoms with E-state index < -0.39 is 0 Å². The van der Waals surface area contributed by atoms with Gasteiger partial charge in [-0.15, -0.1) is 0 Å². The number of para-hydroxylation sites is 1. The number of rotatable bonds is 3. The quantitative estimate of drug-likeness (QED) is 0.845. The molecule has 2 heteroatoms. The van der Waals surface area contributed by atoms with Crippen molar-refractivity contribution in [3.05, 3.63) is 42.1 Å². The van der Waals surface area contributed by atoms with Crippen LogP contribution >= 0.6 is 0 Å². The summed E-state index contributed by atoms with van der Waals surface area (Å²) in [6.07, 6.45) is 5.62. The van der Waals surface area contributed by atoms with Gasteiger partial charge in [-0.1, -0.05) is 18.2 Å². The van der Waals surface area contributed by atoms with Crippen molar-refractivity contribution in [2.24, 2.45) is 0 Å². The van der Waals surface area contributed by atoms with E-state index in [1.165, 1.54) is 23.8 Å². The zero-order chi connectivity index (χ0) is 11.0. The molecule has 0 radical (unpaired) electrons. The lowest BCUT2D eigenvalue weighted by molar-refractivity contribution is 0.550. The van der Waals surface area contributed by atoms with Crippen molar-refractivity contribution in [2.75, 3.05) is 7.05 Å². The lowest BCUT2D eigenvalue weighted by Crippen LogP contribution is -2.29. The predicted molar refractivity (Wildman–Crippen MR) is 66.5 cm³/mol. The molecular formula is C14H16N2. The van der Waals surface area contributed by atoms with Gasteiger partial charge in [0.2, 0.25) is 0 Å². The minimum atomic E-state index is 0.365. The number of hydrogen-bond acceptors (Lipinski definition) is 2. The number of hydrogen-bond donors (Lipinski definition) is 1. The van der Waals surface area contributed by atoms with E-state index in [0.717, 1.165) is 11.9 Å². The first kappa shape index (κ1) is 9.79. The van der Waals surface area contributed by atoms with Crippen LogP contribution in [0.2, 0.25) is 0 Å². The predicted octanol–water partition coefficient (Wildman–Crippen LogP) is 2.53. The minimum absolute atomic E-state index is 0.365. The Kier molecular flexibility index (Phi) is 2.18. The molecule has 0 atom stereocenters. The molecule has 1 fully saturated rings. The Morgan fingerprint density at radius 1 is 1.25 bits per heavy atom. The largest absolute Gasteiger partial charge is 0.314 e. The summed E-state index contributed by atoms with van der Waals surface area (Å²) in [5, 5.41) is 4.74. The molecular weight excluding hydrogens is 196 g/mol. The standard InChI is InChI=1S/C14H16N2/c1-15-14(7-8-14)10-11-6-9-16-13-5-3-2-4-12(11)13/h2-6,9,15H,7-8,10H2,1H3. The Morgan fingerprint density at radius 3 is 2.81 bits per heavy atom. The SMILES string of the molecule is CNC1(Cc2ccnc3ccccc23)CC1. The summed E-state index contributed by atoms with van der Waals surface area (Å²) in [5.74, 6) is 0. The second-order valence-electron chi connectivity index (χ2n) is 4.69. The molecule has 2 nitrogen and oxygen atoms in total. The maximum absolute atomic E-state index is 4.40. The van der Waals surface area contributed by atoms with Gasteiger partial charge in [-0.25, -0.2) is 0 Å². The van der Waals surface area contributed by atoms with Crippen LogP contribution in [0.4, 0.5) is 0 Å². The van der Waals surface area contributed by atoms with Crippen molar-refractivity contribution in [3.63, 3.8) is 0 Å². The van der Waals surface area contributed by atoms with E-state index in [-0.39, 0.29) is 0 Å². The van der Waals surface area contributed by atoms with E-state index in [0.29, 0.717) is 5.54 Å². The van der Waals surface area contributed by atoms with Crippen molar-refractivity contribution in [1.82, 2.24) is 10.3 Å². The van der Waals surface area contributed by atoms with Crippen LogP contribution < -0.4 is 5.32 Å². The summed E-state index contributed by atoms with van der Waals surface area (Å²) in [4.78, 5) is 4.40. The molecule has 0 amide bonds. The van der Waals surface area contributed by atoms with Crippen LogP contribution in [0.3, 0.4) is 0 Å². The van der Waals surface area contributed by atoms with E-state index >= 15 is 0 Å². The Morgan fingerprint density at radius 2 is 2.06 bits per heavy atom. The number of nitrogens with one attached hydrogen (secondary N) is 1. The van der Waals surface area contributed by atoms with Gasteiger partial charge in [0.15, 0.2) is 0 Å². The average Bonchev–Trinajstić information content (AvgIpc) is 3.10. The van der Waals surface area contributed by atoms with Gasteiger partial charge >= 0.3 is 0 Å². The molecule has 1 heterocycles. The van der Waals surface area contributed by atoms with Crippen LogP contribution in [0.25, 0.3) is 10.9 Å². The summed E-state index contributed by atoms with van der Waals surface area (Å²) in [6.45, 7) is 0. The van der Waals surface area contributed by atoms with Gasteiger partial charge < -0.3 is 5.32 Å². The summed E-state index contributed by atoms with van der Waals surface area (Å²) >= 11 is 0. The normalized spacial score (nSPS) is 17.6. The van der Waals surface area contributed by atoms with Crippen molar-refractivity contribution in [1.29, 1.82) is 0 Å². The molecule has 16 heavy (non-hydrogen) atoms. The van der Waals surface area contributed by atoms with E-state index in [9.17, 15) is 0 Å². The first-order chi connectivity index (χ1) is 7.83. The number of nitrogens with zero attached hydrogens (tertiary/aromatic N) is 1. The average molecular weight is 212 g/mol. The molecule has 0 aliphatic heterocycles. The highest BCUT2D eigenvalue weighted by molar-refractivity contribution is 5.82. The Labute approximate surface area is 95.7 Å². The first-order valence-corrected chi connectivity index (χ1v) is 5.85. The van der Waals surface area contributed by atoms with Crippen LogP contribution in [0.1, 0.15) is 18.4 Å². The first-order valence-electron chi connectivity index (χ1n) is 5.85. The van der Waals surface area contributed by atoms with Gasteiger partial charge in [0.05, 0.1) is 5.52 Å². The molecule has 1 saturated carbocycles. The fourth-order valence-corrected chi connectivity index (χ4v) is 2.34. The lowest BCUT2D eigenvalue weighted by Gasteiger charge is -2.15. The number of likely N-dealkylation sites (N-methyl/N-ethyl adjacent to an activating group) is 1. The number of pyridine rings is 1. The summed E-state index contributed by atoms with van der Waals surface area (Å²) < 4.78 is 0. The van der Waals surface area contributed by atoms with E-state index in [2.05, 4.69) is 41.6 Å². The monoisotopic (exact) mass is 212 g/mol. The highest BCUT2D eigenvalue weighted by atomic mass is 15.0. The third-order valence-corrected chi connectivity index (χ3v) is 3.65. The molecule has 0 bridgehead atoms. The van der Waals surface area contributed by atoms with Crippen molar-refractivity contribution < 1.29 is 0 Å². The topological polar surface area (TPSA) is 24.9 Å². The Hall–Kier alpha value is -1.41. The number of fused-ring (bicyclic) bond motifs is 1. The zero-order valence-corrected chi connectivity index (χ0v) is 9.53. The van der Waals surface area contributed by atoms with Gasteiger partial charge in [-0.3, -0.25) is 4.98 Å². The van der Waals surface area contributed by atoms with Crippen LogP contribution in [0.5, 0.6) is 0 Å². The van der Waals surface area contributed by atoms with Crippen LogP contribution in [-0.2, 0) is 6.42 Å². The van der Waals surface area contributed by atoms with Crippen molar-refractivity contribution >= 4 is 10.9 Å². The zero-order valence-electron chi connectivity index (χ0n) is 9.53. The molecule has 1 aliphatic rings. The van der Waals surface area contributed by atoms with Gasteiger partial charge in [-0.2, -0.15) is 0 Å². The highest BCUT2D eigenvalue weighted by Crippen LogP contribution is 2.39. The number of aromatic nitrogens is 1. The molecule has 1 aromatic heterocycles. The summed E-state index contributed by atoms with van der Waals surface area (Å²) in [5.41, 5.74) is 2.88. The second-order valence-corrected chi connectivity index (χ2v) is 4.69. The molecule has 82 valence electrons. The van der Waals surface area contributed by atoms with Gasteiger partial charge in [0.1, 0.15) is 0 Å². The van der Waals surface area contributed by atoms with E-state index in [1.807, 2.05) is 12.3 Å². The lowest BCUT2D eigenvalue weighted by atomic mass is 10.0. The van der Waals surface area contributed by atoms with Gasteiger partial charge in [0, 0.05) is 17.1 Å². The molecule has 3 rings (SSSR count). The van der Waals surface area contributed by atoms with Crippen LogP contribution in [0, 0.1) is 0 Å². The highest BCUT2D eigenvalue weighted by Gasteiger charge is 2.40. The van der Waals surface area contributed by atoms with Crippen LogP contribution in [0.15, 0.2) is 36.5 Å². The maximum atomic E-state index is 4.40. The molecule has 0 unspecified atom stereocenters. The fourth-order valence-electron chi connectivity index (χ4n) is 2.34. The van der Waals surface area contributed by atoms with Gasteiger partial charge in [-0.05, 0) is 44.0 Å². The van der Waals surface area contributed by atoms with E-state index in [4.69, 9.17) is 0 Å². The molecule has 0 spiro atoms. The molecule has 1 aromatic carbocycles. The molecule has 0 saturated heterocycles. The molecule has 2 aromatic rings.